The van der Waals surface area contributed by atoms with E-state index in [1.54, 1.807) is 6.92 Å². The van der Waals surface area contributed by atoms with Crippen molar-refractivity contribution in [2.45, 2.75) is 97.0 Å². The number of esters is 2. The molecule has 0 radical (unpaired) electrons. The number of rotatable bonds is 18. The smallest absolute Gasteiger partial charge is 0.790 e. The molecule has 0 spiro atoms. The summed E-state index contributed by atoms with van der Waals surface area (Å²) in [5.74, 6) is 12.4. The van der Waals surface area contributed by atoms with Crippen LogP contribution in [0.4, 0.5) is 0 Å². The number of carbonyl (C=O) groups is 2. The second-order valence-electron chi connectivity index (χ2n) is 7.61. The van der Waals surface area contributed by atoms with E-state index >= 15 is 0 Å². The molecule has 0 bridgehead atoms. The molecule has 1 atom stereocenters. The average Bonchev–Trinajstić information content (AvgIpc) is 2.78. The van der Waals surface area contributed by atoms with Gasteiger partial charge < -0.3 is 28.3 Å². The summed E-state index contributed by atoms with van der Waals surface area (Å²) >= 11 is 0. The largest absolute Gasteiger partial charge is 1.00 e. The van der Waals surface area contributed by atoms with Crippen LogP contribution < -0.4 is 68.9 Å². The van der Waals surface area contributed by atoms with Gasteiger partial charge in [0.2, 0.25) is 0 Å². The molecule has 0 aliphatic heterocycles. The summed E-state index contributed by atoms with van der Waals surface area (Å²) in [4.78, 5) is 45.1. The number of hydrogen-bond donors (Lipinski definition) is 0. The average molecular weight is 541 g/mol. The van der Waals surface area contributed by atoms with Crippen molar-refractivity contribution in [3.05, 3.63) is 0 Å². The second-order valence-corrected chi connectivity index (χ2v) is 8.77. The molecule has 0 fully saturated rings. The van der Waals surface area contributed by atoms with Gasteiger partial charge in [-0.2, -0.15) is 0 Å². The van der Waals surface area contributed by atoms with Crippen LogP contribution in [-0.2, 0) is 28.2 Å². The number of carbonyl (C=O) groups excluding carboxylic acids is 2. The molecule has 36 heavy (non-hydrogen) atoms. The Bertz CT molecular complexity index is 824. The summed E-state index contributed by atoms with van der Waals surface area (Å²) in [7, 11) is -5.28. The van der Waals surface area contributed by atoms with Crippen LogP contribution in [0.25, 0.3) is 0 Å². The summed E-state index contributed by atoms with van der Waals surface area (Å²) in [5, 5.41) is 0. The van der Waals surface area contributed by atoms with Crippen LogP contribution in [0.5, 0.6) is 0 Å². The third-order valence-corrected chi connectivity index (χ3v) is 5.04. The zero-order valence-corrected chi connectivity index (χ0v) is 27.1. The van der Waals surface area contributed by atoms with Crippen molar-refractivity contribution < 1.29 is 97.1 Å². The Hall–Kier alpha value is -0.270. The van der Waals surface area contributed by atoms with Crippen LogP contribution >= 0.6 is 7.82 Å². The minimum absolute atomic E-state index is 0. The first kappa shape index (κ1) is 40.2. The van der Waals surface area contributed by atoms with E-state index in [-0.39, 0.29) is 65.5 Å². The van der Waals surface area contributed by atoms with Crippen molar-refractivity contribution in [2.24, 2.45) is 0 Å². The van der Waals surface area contributed by atoms with Crippen molar-refractivity contribution in [2.75, 3.05) is 13.2 Å². The monoisotopic (exact) mass is 540 g/mol. The van der Waals surface area contributed by atoms with E-state index in [1.807, 2.05) is 0 Å². The number of hydrogen-bond acceptors (Lipinski definition) is 8. The molecule has 0 aromatic rings. The van der Waals surface area contributed by atoms with E-state index in [1.165, 1.54) is 44.9 Å². The molecule has 0 rings (SSSR count). The summed E-state index contributed by atoms with van der Waals surface area (Å²) in [6.45, 7) is 2.54. The van der Waals surface area contributed by atoms with Gasteiger partial charge >= 0.3 is 71.1 Å². The van der Waals surface area contributed by atoms with E-state index in [4.69, 9.17) is 9.47 Å². The van der Waals surface area contributed by atoms with Gasteiger partial charge in [0.1, 0.15) is 6.61 Å². The summed E-state index contributed by atoms with van der Waals surface area (Å²) in [5.41, 5.74) is 0. The Kier molecular flexibility index (Phi) is 31.0. The third-order valence-electron chi connectivity index (χ3n) is 4.58. The molecular weight excluding hydrogens is 505 g/mol. The molecule has 190 valence electrons. The van der Waals surface area contributed by atoms with Crippen LogP contribution in [0.1, 0.15) is 90.9 Å². The van der Waals surface area contributed by atoms with Gasteiger partial charge in [-0.3, -0.25) is 4.79 Å². The molecule has 0 saturated heterocycles. The molecule has 0 amide bonds. The molecule has 0 aliphatic carbocycles. The molecule has 8 nitrogen and oxygen atoms in total. The Morgan fingerprint density at radius 3 is 1.86 bits per heavy atom. The minimum atomic E-state index is -5.28. The van der Waals surface area contributed by atoms with Gasteiger partial charge in [0.15, 0.2) is 6.10 Å². The van der Waals surface area contributed by atoms with Crippen LogP contribution in [0, 0.1) is 35.5 Å². The maximum absolute atomic E-state index is 12.1. The summed E-state index contributed by atoms with van der Waals surface area (Å²) in [6.07, 6.45) is 11.4. The fourth-order valence-corrected chi connectivity index (χ4v) is 3.23. The Balaban J connectivity index is -0.00000544. The molecular formula is C25H35Na2O8P. The van der Waals surface area contributed by atoms with Crippen molar-refractivity contribution in [1.29, 1.82) is 0 Å². The number of phosphoric acid groups is 1. The topological polar surface area (TPSA) is 125 Å². The van der Waals surface area contributed by atoms with Gasteiger partial charge in [0.05, 0.1) is 14.4 Å². The molecule has 11 heteroatoms. The maximum Gasteiger partial charge on any atom is 1.00 e. The molecule has 0 aliphatic rings. The van der Waals surface area contributed by atoms with Gasteiger partial charge in [-0.1, -0.05) is 77.1 Å². The van der Waals surface area contributed by atoms with Crippen LogP contribution in [0.15, 0.2) is 0 Å². The molecule has 0 N–H and O–H groups in total. The predicted molar refractivity (Wildman–Crippen MR) is 124 cm³/mol. The predicted octanol–water partition coefficient (Wildman–Crippen LogP) is -2.97. The zero-order chi connectivity index (χ0) is 25.5. The van der Waals surface area contributed by atoms with E-state index in [2.05, 4.69) is 47.0 Å². The van der Waals surface area contributed by atoms with Crippen molar-refractivity contribution >= 4 is 19.8 Å². The fraction of sp³-hybridized carbons (Fsp3) is 0.680. The third kappa shape index (κ3) is 30.0. The maximum atomic E-state index is 12.1. The standard InChI is InChI=1S/C25H37O8P.2Na/c1-3-5-7-9-10-11-12-13-14-16-18-20-25(27)33-23(22-32-34(28,29)30)21-31-24(26)19-17-15-8-6-4-2;;/h23H,3,5,7,9-14,16,18,20-22H2,1-2H3,(H2,28,29,30);;/q;2*+1/p-2/t23-;;/m0../s1. The van der Waals surface area contributed by atoms with Gasteiger partial charge in [-0.15, -0.1) is 0 Å². The van der Waals surface area contributed by atoms with Gasteiger partial charge in [0, 0.05) is 12.3 Å². The van der Waals surface area contributed by atoms with Crippen molar-refractivity contribution in [3.8, 4) is 35.5 Å². The molecule has 0 aromatic heterocycles. The Morgan fingerprint density at radius 1 is 0.806 bits per heavy atom. The Labute approximate surface area is 260 Å². The minimum Gasteiger partial charge on any atom is -0.790 e. The van der Waals surface area contributed by atoms with Gasteiger partial charge in [-0.25, -0.2) is 4.79 Å². The summed E-state index contributed by atoms with van der Waals surface area (Å²) in [6, 6.07) is 0. The zero-order valence-electron chi connectivity index (χ0n) is 22.2. The molecule has 0 heterocycles. The quantitative estimate of drug-likeness (QED) is 0.0451. The van der Waals surface area contributed by atoms with Crippen LogP contribution in [-0.4, -0.2) is 31.3 Å². The normalized spacial score (nSPS) is 10.4. The van der Waals surface area contributed by atoms with Crippen LogP contribution in [0.3, 0.4) is 0 Å². The van der Waals surface area contributed by atoms with E-state index in [0.29, 0.717) is 6.42 Å². The fourth-order valence-electron chi connectivity index (χ4n) is 2.88. The van der Waals surface area contributed by atoms with Gasteiger partial charge in [0.25, 0.3) is 0 Å². The number of ether oxygens (including phenoxy) is 2. The molecule has 0 aromatic carbocycles. The number of unbranched alkanes of at least 4 members (excludes halogenated alkanes) is 10. The number of phosphoric ester groups is 1. The first-order chi connectivity index (χ1) is 16.3. The first-order valence-electron chi connectivity index (χ1n) is 11.7. The molecule has 0 saturated carbocycles. The Morgan fingerprint density at radius 2 is 1.33 bits per heavy atom. The first-order valence-corrected chi connectivity index (χ1v) is 13.2. The van der Waals surface area contributed by atoms with Crippen molar-refractivity contribution in [3.63, 3.8) is 0 Å². The van der Waals surface area contributed by atoms with E-state index in [9.17, 15) is 23.9 Å². The van der Waals surface area contributed by atoms with Gasteiger partial charge in [-0.05, 0) is 37.0 Å². The van der Waals surface area contributed by atoms with E-state index in [0.717, 1.165) is 19.3 Å². The summed E-state index contributed by atoms with van der Waals surface area (Å²) < 4.78 is 24.8. The second kappa shape index (κ2) is 27.8. The van der Waals surface area contributed by atoms with Crippen LogP contribution in [0.2, 0.25) is 0 Å². The molecule has 0 unspecified atom stereocenters. The van der Waals surface area contributed by atoms with Crippen molar-refractivity contribution in [1.82, 2.24) is 0 Å². The van der Waals surface area contributed by atoms with E-state index < -0.39 is 39.1 Å². The SMILES string of the molecule is CC#CC#CC#CC(=O)OC[C@@H](COP(=O)([O-])[O-])OC(=O)CCCCCCCCCCCCC.[Na+].[Na+].